The summed E-state index contributed by atoms with van der Waals surface area (Å²) in [7, 11) is 0. The van der Waals surface area contributed by atoms with Crippen LogP contribution in [-0.2, 0) is 31.0 Å². The Hall–Kier alpha value is -1.62. The molecule has 26 heavy (non-hydrogen) atoms. The molecule has 0 spiro atoms. The van der Waals surface area contributed by atoms with Gasteiger partial charge in [0.2, 0.25) is 0 Å². The number of carbonyl (C=O) groups is 1. The third kappa shape index (κ3) is 4.76. The van der Waals surface area contributed by atoms with E-state index in [0.29, 0.717) is 12.5 Å². The van der Waals surface area contributed by atoms with Crippen LogP contribution in [0.2, 0.25) is 0 Å². The first-order chi connectivity index (χ1) is 12.1. The van der Waals surface area contributed by atoms with E-state index >= 15 is 0 Å². The van der Waals surface area contributed by atoms with Crippen LogP contribution in [0.1, 0.15) is 59.1 Å². The van der Waals surface area contributed by atoms with Crippen molar-refractivity contribution in [2.75, 3.05) is 6.61 Å². The highest BCUT2D eigenvalue weighted by molar-refractivity contribution is 7.79. The zero-order chi connectivity index (χ0) is 19.5. The average molecular weight is 379 g/mol. The number of rotatable bonds is 6. The van der Waals surface area contributed by atoms with Crippen LogP contribution in [0.3, 0.4) is 0 Å². The highest BCUT2D eigenvalue weighted by atomic mass is 32.1. The maximum atomic E-state index is 11.6. The van der Waals surface area contributed by atoms with E-state index in [2.05, 4.69) is 27.7 Å². The van der Waals surface area contributed by atoms with E-state index in [4.69, 9.17) is 26.4 Å². The van der Waals surface area contributed by atoms with E-state index in [-0.39, 0.29) is 29.1 Å². The van der Waals surface area contributed by atoms with E-state index < -0.39 is 5.60 Å². The number of carbonyl (C=O) groups excluding carboxylic acids is 1. The SMILES string of the molecule is CCOC(=O)Cc1ccc(C2(C)OC(=S)OC2CC(C)C(C)(C)C)cc1. The molecule has 1 fully saturated rings. The molecule has 1 heterocycles. The number of hydrogen-bond acceptors (Lipinski definition) is 5. The summed E-state index contributed by atoms with van der Waals surface area (Å²) in [6, 6.07) is 7.85. The Morgan fingerprint density at radius 2 is 1.92 bits per heavy atom. The Balaban J connectivity index is 2.18. The summed E-state index contributed by atoms with van der Waals surface area (Å²) in [6.45, 7) is 13.1. The van der Waals surface area contributed by atoms with E-state index in [0.717, 1.165) is 17.5 Å². The molecule has 0 bridgehead atoms. The van der Waals surface area contributed by atoms with Crippen LogP contribution in [0.4, 0.5) is 0 Å². The van der Waals surface area contributed by atoms with Crippen LogP contribution in [0.25, 0.3) is 0 Å². The zero-order valence-corrected chi connectivity index (χ0v) is 17.4. The maximum absolute atomic E-state index is 11.6. The lowest BCUT2D eigenvalue weighted by atomic mass is 9.75. The van der Waals surface area contributed by atoms with Crippen molar-refractivity contribution in [2.24, 2.45) is 11.3 Å². The Labute approximate surface area is 162 Å². The molecule has 1 aliphatic rings. The van der Waals surface area contributed by atoms with Crippen molar-refractivity contribution in [2.45, 2.75) is 66.1 Å². The fourth-order valence-corrected chi connectivity index (χ4v) is 3.31. The summed E-state index contributed by atoms with van der Waals surface area (Å²) in [5, 5.41) is 0.203. The Kier molecular flexibility index (Phi) is 6.33. The highest BCUT2D eigenvalue weighted by Gasteiger charge is 2.48. The zero-order valence-electron chi connectivity index (χ0n) is 16.6. The van der Waals surface area contributed by atoms with Gasteiger partial charge in [0.05, 0.1) is 13.0 Å². The minimum atomic E-state index is -0.626. The molecule has 5 heteroatoms. The van der Waals surface area contributed by atoms with Crippen molar-refractivity contribution in [3.8, 4) is 0 Å². The van der Waals surface area contributed by atoms with Gasteiger partial charge in [-0.25, -0.2) is 0 Å². The van der Waals surface area contributed by atoms with E-state index in [1.54, 1.807) is 6.92 Å². The normalized spacial score (nSPS) is 23.9. The summed E-state index contributed by atoms with van der Waals surface area (Å²) in [6.07, 6.45) is 0.982. The standard InChI is InChI=1S/C21H30O4S/c1-7-23-18(22)13-15-8-10-16(11-9-15)21(6)17(24-19(26)25-21)12-14(2)20(3,4)5/h8-11,14,17H,7,12-13H2,1-6H3. The topological polar surface area (TPSA) is 44.8 Å². The quantitative estimate of drug-likeness (QED) is 0.526. The molecule has 1 aliphatic heterocycles. The van der Waals surface area contributed by atoms with E-state index in [9.17, 15) is 4.79 Å². The third-order valence-electron chi connectivity index (χ3n) is 5.38. The van der Waals surface area contributed by atoms with Crippen molar-refractivity contribution >= 4 is 23.4 Å². The summed E-state index contributed by atoms with van der Waals surface area (Å²) in [5.41, 5.74) is 1.46. The average Bonchev–Trinajstić information content (AvgIpc) is 2.82. The Bertz CT molecular complexity index is 647. The Morgan fingerprint density at radius 1 is 1.31 bits per heavy atom. The molecule has 2 rings (SSSR count). The number of hydrogen-bond donors (Lipinski definition) is 0. The highest BCUT2D eigenvalue weighted by Crippen LogP contribution is 2.42. The molecule has 0 amide bonds. The van der Waals surface area contributed by atoms with Crippen LogP contribution < -0.4 is 0 Å². The smallest absolute Gasteiger partial charge is 0.353 e. The molecule has 1 aromatic carbocycles. The predicted octanol–water partition coefficient (Wildman–Crippen LogP) is 4.78. The van der Waals surface area contributed by atoms with Gasteiger partial charge in [-0.2, -0.15) is 0 Å². The molecule has 144 valence electrons. The second-order valence-corrected chi connectivity index (χ2v) is 8.58. The fraction of sp³-hybridized carbons (Fsp3) is 0.619. The van der Waals surface area contributed by atoms with Crippen LogP contribution >= 0.6 is 12.2 Å². The first kappa shape index (κ1) is 20.7. The van der Waals surface area contributed by atoms with Crippen LogP contribution in [-0.4, -0.2) is 23.9 Å². The molecule has 4 nitrogen and oxygen atoms in total. The molecule has 3 atom stereocenters. The number of thiocarbonyl (C=S) groups is 1. The lowest BCUT2D eigenvalue weighted by Crippen LogP contribution is -2.37. The minimum Gasteiger partial charge on any atom is -0.466 e. The van der Waals surface area contributed by atoms with Gasteiger partial charge in [-0.15, -0.1) is 0 Å². The second kappa shape index (κ2) is 7.95. The number of ether oxygens (including phenoxy) is 3. The Morgan fingerprint density at radius 3 is 2.46 bits per heavy atom. The summed E-state index contributed by atoms with van der Waals surface area (Å²) >= 11 is 5.20. The van der Waals surface area contributed by atoms with E-state index in [1.165, 1.54) is 0 Å². The molecule has 0 aliphatic carbocycles. The summed E-state index contributed by atoms with van der Waals surface area (Å²) in [4.78, 5) is 11.6. The van der Waals surface area contributed by atoms with Gasteiger partial charge >= 0.3 is 11.2 Å². The van der Waals surface area contributed by atoms with Gasteiger partial charge in [0.25, 0.3) is 0 Å². The monoisotopic (exact) mass is 378 g/mol. The lowest BCUT2D eigenvalue weighted by molar-refractivity contribution is -0.142. The van der Waals surface area contributed by atoms with Gasteiger partial charge in [-0.3, -0.25) is 4.79 Å². The molecule has 0 radical (unpaired) electrons. The molecule has 1 aromatic rings. The first-order valence-corrected chi connectivity index (χ1v) is 9.61. The summed E-state index contributed by atoms with van der Waals surface area (Å²) < 4.78 is 16.8. The third-order valence-corrected chi connectivity index (χ3v) is 5.55. The number of esters is 1. The van der Waals surface area contributed by atoms with Crippen molar-refractivity contribution < 1.29 is 19.0 Å². The van der Waals surface area contributed by atoms with Gasteiger partial charge in [0.1, 0.15) is 6.10 Å². The molecule has 0 N–H and O–H groups in total. The minimum absolute atomic E-state index is 0.139. The second-order valence-electron chi connectivity index (χ2n) is 8.25. The van der Waals surface area contributed by atoms with Gasteiger partial charge in [0, 0.05) is 12.2 Å². The van der Waals surface area contributed by atoms with Crippen LogP contribution in [0.5, 0.6) is 0 Å². The van der Waals surface area contributed by atoms with Crippen LogP contribution in [0.15, 0.2) is 24.3 Å². The molecule has 0 aromatic heterocycles. The van der Waals surface area contributed by atoms with Gasteiger partial charge < -0.3 is 14.2 Å². The molecule has 0 saturated carbocycles. The van der Waals surface area contributed by atoms with Gasteiger partial charge in [-0.05, 0) is 42.7 Å². The first-order valence-electron chi connectivity index (χ1n) is 9.21. The summed E-state index contributed by atoms with van der Waals surface area (Å²) in [5.74, 6) is 0.226. The molecular weight excluding hydrogens is 348 g/mol. The van der Waals surface area contributed by atoms with Crippen molar-refractivity contribution in [3.63, 3.8) is 0 Å². The molecule has 1 saturated heterocycles. The largest absolute Gasteiger partial charge is 0.466 e. The molecular formula is C21H30O4S. The van der Waals surface area contributed by atoms with Gasteiger partial charge in [-0.1, -0.05) is 52.0 Å². The maximum Gasteiger partial charge on any atom is 0.353 e. The van der Waals surface area contributed by atoms with Gasteiger partial charge in [0.15, 0.2) is 5.60 Å². The fourth-order valence-electron chi connectivity index (χ4n) is 3.02. The van der Waals surface area contributed by atoms with Crippen molar-refractivity contribution in [1.82, 2.24) is 0 Å². The lowest BCUT2D eigenvalue weighted by Gasteiger charge is -2.33. The predicted molar refractivity (Wildman–Crippen MR) is 106 cm³/mol. The van der Waals surface area contributed by atoms with Crippen molar-refractivity contribution in [3.05, 3.63) is 35.4 Å². The van der Waals surface area contributed by atoms with Crippen LogP contribution in [0, 0.1) is 11.3 Å². The molecule has 3 unspecified atom stereocenters. The van der Waals surface area contributed by atoms with E-state index in [1.807, 2.05) is 31.2 Å². The number of benzene rings is 1. The van der Waals surface area contributed by atoms with Crippen molar-refractivity contribution in [1.29, 1.82) is 0 Å².